The molecule has 22 heavy (non-hydrogen) atoms. The van der Waals surface area contributed by atoms with Crippen molar-refractivity contribution in [2.45, 2.75) is 122 Å². The molecule has 2 nitrogen and oxygen atoms in total. The van der Waals surface area contributed by atoms with Gasteiger partial charge in [0.15, 0.2) is 0 Å². The van der Waals surface area contributed by atoms with E-state index < -0.39 is 0 Å². The fourth-order valence-corrected chi connectivity index (χ4v) is 3.36. The van der Waals surface area contributed by atoms with E-state index in [4.69, 9.17) is 4.74 Å². The van der Waals surface area contributed by atoms with Gasteiger partial charge in [0, 0.05) is 6.42 Å². The van der Waals surface area contributed by atoms with Crippen LogP contribution in [0.5, 0.6) is 0 Å². The molecule has 0 amide bonds. The Morgan fingerprint density at radius 2 is 1.41 bits per heavy atom. The number of esters is 1. The van der Waals surface area contributed by atoms with Crippen LogP contribution in [0.3, 0.4) is 0 Å². The van der Waals surface area contributed by atoms with Crippen LogP contribution in [0.25, 0.3) is 0 Å². The molecule has 1 saturated heterocycles. The highest BCUT2D eigenvalue weighted by atomic mass is 16.5. The summed E-state index contributed by atoms with van der Waals surface area (Å²) in [6.45, 7) is 2.27. The second kappa shape index (κ2) is 14.1. The summed E-state index contributed by atoms with van der Waals surface area (Å²) in [7, 11) is 0. The molecule has 2 heteroatoms. The number of hydrogen-bond acceptors (Lipinski definition) is 2. The first-order valence-corrected chi connectivity index (χ1v) is 10.0. The van der Waals surface area contributed by atoms with Crippen molar-refractivity contribution in [3.63, 3.8) is 0 Å². The molecule has 130 valence electrons. The summed E-state index contributed by atoms with van der Waals surface area (Å²) in [5, 5.41) is 0. The topological polar surface area (TPSA) is 26.3 Å². The van der Waals surface area contributed by atoms with E-state index in [-0.39, 0.29) is 12.1 Å². The highest BCUT2D eigenvalue weighted by molar-refractivity contribution is 5.69. The summed E-state index contributed by atoms with van der Waals surface area (Å²) in [6.07, 6.45) is 21.3. The van der Waals surface area contributed by atoms with Crippen LogP contribution < -0.4 is 0 Å². The van der Waals surface area contributed by atoms with Gasteiger partial charge in [0.25, 0.3) is 0 Å². The molecule has 0 aromatic rings. The van der Waals surface area contributed by atoms with Crippen molar-refractivity contribution in [2.24, 2.45) is 0 Å². The van der Waals surface area contributed by atoms with Gasteiger partial charge in [-0.1, -0.05) is 77.6 Å². The maximum atomic E-state index is 11.7. The van der Waals surface area contributed by atoms with Gasteiger partial charge in [0.2, 0.25) is 0 Å². The highest BCUT2D eigenvalue weighted by Gasteiger charge is 2.15. The molecular weight excluding hydrogens is 272 g/mol. The predicted octanol–water partition coefficient (Wildman–Crippen LogP) is 6.56. The Labute approximate surface area is 138 Å². The van der Waals surface area contributed by atoms with E-state index in [2.05, 4.69) is 6.92 Å². The van der Waals surface area contributed by atoms with Gasteiger partial charge in [-0.15, -0.1) is 0 Å². The van der Waals surface area contributed by atoms with Gasteiger partial charge in [0.05, 0.1) is 0 Å². The number of hydrogen-bond donors (Lipinski definition) is 0. The van der Waals surface area contributed by atoms with E-state index >= 15 is 0 Å². The SMILES string of the molecule is CCCCCCCCCCCC1CCCCCCCC(=O)O1. The van der Waals surface area contributed by atoms with E-state index in [0.717, 1.165) is 19.3 Å². The minimum atomic E-state index is 0.0443. The third-order valence-electron chi connectivity index (χ3n) is 4.83. The van der Waals surface area contributed by atoms with Crippen LogP contribution in [0.4, 0.5) is 0 Å². The van der Waals surface area contributed by atoms with E-state index in [1.807, 2.05) is 0 Å². The van der Waals surface area contributed by atoms with Crippen molar-refractivity contribution in [1.82, 2.24) is 0 Å². The Bertz CT molecular complexity index is 262. The van der Waals surface area contributed by atoms with Crippen molar-refractivity contribution < 1.29 is 9.53 Å². The molecule has 1 unspecified atom stereocenters. The Hall–Kier alpha value is -0.530. The zero-order chi connectivity index (χ0) is 15.9. The molecule has 1 fully saturated rings. The summed E-state index contributed by atoms with van der Waals surface area (Å²) < 4.78 is 5.66. The Morgan fingerprint density at radius 3 is 2.14 bits per heavy atom. The quantitative estimate of drug-likeness (QED) is 0.337. The monoisotopic (exact) mass is 310 g/mol. The van der Waals surface area contributed by atoms with Crippen LogP contribution >= 0.6 is 0 Å². The summed E-state index contributed by atoms with van der Waals surface area (Å²) >= 11 is 0. The highest BCUT2D eigenvalue weighted by Crippen LogP contribution is 2.19. The molecule has 0 radical (unpaired) electrons. The number of carbonyl (C=O) groups is 1. The molecule has 0 N–H and O–H groups in total. The third kappa shape index (κ3) is 11.1. The number of cyclic esters (lactones) is 1. The van der Waals surface area contributed by atoms with Crippen LogP contribution in [0.2, 0.25) is 0 Å². The fourth-order valence-electron chi connectivity index (χ4n) is 3.36. The number of rotatable bonds is 10. The van der Waals surface area contributed by atoms with Gasteiger partial charge < -0.3 is 4.74 Å². The number of carbonyl (C=O) groups excluding carboxylic acids is 1. The van der Waals surface area contributed by atoms with Gasteiger partial charge in [0.1, 0.15) is 6.10 Å². The van der Waals surface area contributed by atoms with Crippen molar-refractivity contribution in [3.8, 4) is 0 Å². The van der Waals surface area contributed by atoms with Gasteiger partial charge in [-0.25, -0.2) is 0 Å². The minimum Gasteiger partial charge on any atom is -0.462 e. The molecule has 1 rings (SSSR count). The lowest BCUT2D eigenvalue weighted by Crippen LogP contribution is -2.19. The summed E-state index contributed by atoms with van der Waals surface area (Å²) in [5.41, 5.74) is 0. The molecule has 0 bridgehead atoms. The summed E-state index contributed by atoms with van der Waals surface area (Å²) in [6, 6.07) is 0. The number of ether oxygens (including phenoxy) is 1. The van der Waals surface area contributed by atoms with Gasteiger partial charge in [-0.05, 0) is 32.1 Å². The van der Waals surface area contributed by atoms with Crippen LogP contribution in [-0.2, 0) is 9.53 Å². The van der Waals surface area contributed by atoms with Gasteiger partial charge >= 0.3 is 5.97 Å². The first kappa shape index (κ1) is 19.5. The molecule has 1 heterocycles. The van der Waals surface area contributed by atoms with Gasteiger partial charge in [-0.2, -0.15) is 0 Å². The molecule has 0 aromatic carbocycles. The maximum Gasteiger partial charge on any atom is 0.306 e. The van der Waals surface area contributed by atoms with Crippen molar-refractivity contribution >= 4 is 5.97 Å². The predicted molar refractivity (Wildman–Crippen MR) is 94.0 cm³/mol. The largest absolute Gasteiger partial charge is 0.462 e. The molecule has 0 aromatic heterocycles. The smallest absolute Gasteiger partial charge is 0.306 e. The minimum absolute atomic E-state index is 0.0443. The molecule has 1 atom stereocenters. The second-order valence-corrected chi connectivity index (χ2v) is 7.04. The zero-order valence-corrected chi connectivity index (χ0v) is 14.9. The lowest BCUT2D eigenvalue weighted by molar-refractivity contribution is -0.150. The molecule has 1 aliphatic heterocycles. The van der Waals surface area contributed by atoms with E-state index in [9.17, 15) is 4.79 Å². The molecular formula is C20H38O2. The molecule has 0 saturated carbocycles. The summed E-state index contributed by atoms with van der Waals surface area (Å²) in [5.74, 6) is 0.0443. The van der Waals surface area contributed by atoms with Crippen molar-refractivity contribution in [1.29, 1.82) is 0 Å². The lowest BCUT2D eigenvalue weighted by Gasteiger charge is -2.19. The zero-order valence-electron chi connectivity index (χ0n) is 14.9. The molecule has 1 aliphatic rings. The first-order valence-electron chi connectivity index (χ1n) is 10.0. The maximum absolute atomic E-state index is 11.7. The summed E-state index contributed by atoms with van der Waals surface area (Å²) in [4.78, 5) is 11.7. The third-order valence-corrected chi connectivity index (χ3v) is 4.83. The fraction of sp³-hybridized carbons (Fsp3) is 0.950. The Balaban J connectivity index is 2.02. The van der Waals surface area contributed by atoms with Crippen LogP contribution in [0, 0.1) is 0 Å². The van der Waals surface area contributed by atoms with Crippen LogP contribution in [-0.4, -0.2) is 12.1 Å². The second-order valence-electron chi connectivity index (χ2n) is 7.04. The first-order chi connectivity index (χ1) is 10.8. The molecule has 0 spiro atoms. The van der Waals surface area contributed by atoms with Crippen molar-refractivity contribution in [2.75, 3.05) is 0 Å². The lowest BCUT2D eigenvalue weighted by atomic mass is 10.0. The van der Waals surface area contributed by atoms with E-state index in [1.165, 1.54) is 83.5 Å². The van der Waals surface area contributed by atoms with Crippen LogP contribution in [0.1, 0.15) is 116 Å². The van der Waals surface area contributed by atoms with Gasteiger partial charge in [-0.3, -0.25) is 4.79 Å². The Kier molecular flexibility index (Phi) is 12.5. The van der Waals surface area contributed by atoms with E-state index in [0.29, 0.717) is 6.42 Å². The molecule has 0 aliphatic carbocycles. The average molecular weight is 311 g/mol. The Morgan fingerprint density at radius 1 is 0.818 bits per heavy atom. The number of unbranched alkanes of at least 4 members (excludes halogenated alkanes) is 8. The van der Waals surface area contributed by atoms with E-state index in [1.54, 1.807) is 0 Å². The average Bonchev–Trinajstić information content (AvgIpc) is 2.52. The standard InChI is InChI=1S/C20H38O2/c1-2-3-4-5-6-7-8-10-13-16-19-17-14-11-9-12-15-18-20(21)22-19/h19H,2-18H2,1H3. The normalized spacial score (nSPS) is 20.6. The van der Waals surface area contributed by atoms with Crippen molar-refractivity contribution in [3.05, 3.63) is 0 Å². The van der Waals surface area contributed by atoms with Crippen LogP contribution in [0.15, 0.2) is 0 Å².